The van der Waals surface area contributed by atoms with Crippen LogP contribution in [0.3, 0.4) is 0 Å². The molecule has 1 saturated heterocycles. The third-order valence-electron chi connectivity index (χ3n) is 4.68. The maximum absolute atomic E-state index is 13.0. The number of sulfonamides is 1. The molecule has 0 bridgehead atoms. The fourth-order valence-corrected chi connectivity index (χ4v) is 4.80. The topological polar surface area (TPSA) is 105 Å². The van der Waals surface area contributed by atoms with Gasteiger partial charge in [0.25, 0.3) is 0 Å². The molecule has 1 heterocycles. The number of benzene rings is 2. The van der Waals surface area contributed by atoms with Gasteiger partial charge < -0.3 is 15.4 Å². The van der Waals surface area contributed by atoms with Crippen LogP contribution >= 0.6 is 0 Å². The van der Waals surface area contributed by atoms with Crippen molar-refractivity contribution < 1.29 is 22.7 Å². The lowest BCUT2D eigenvalue weighted by molar-refractivity contribution is -0.131. The van der Waals surface area contributed by atoms with Crippen molar-refractivity contribution in [3.63, 3.8) is 0 Å². The zero-order chi connectivity index (χ0) is 20.9. The number of nitrogens with one attached hydrogen (secondary N) is 2. The molecule has 0 spiro atoms. The van der Waals surface area contributed by atoms with Gasteiger partial charge in [0.15, 0.2) is 0 Å². The number of hydrogen-bond acceptors (Lipinski definition) is 5. The third kappa shape index (κ3) is 4.75. The van der Waals surface area contributed by atoms with E-state index in [1.54, 1.807) is 31.4 Å². The Hall–Kier alpha value is -2.91. The summed E-state index contributed by atoms with van der Waals surface area (Å²) in [6, 6.07) is 14.0. The van der Waals surface area contributed by atoms with E-state index in [-0.39, 0.29) is 31.0 Å². The highest BCUT2D eigenvalue weighted by Gasteiger charge is 2.39. The fourth-order valence-electron chi connectivity index (χ4n) is 3.19. The Morgan fingerprint density at radius 1 is 1.17 bits per heavy atom. The van der Waals surface area contributed by atoms with Crippen molar-refractivity contribution >= 4 is 21.8 Å². The molecule has 2 amide bonds. The monoisotopic (exact) mass is 417 g/mol. The van der Waals surface area contributed by atoms with Gasteiger partial charge in [0.1, 0.15) is 11.8 Å². The minimum absolute atomic E-state index is 0.0918. The SMILES string of the molecule is COc1ccccc1CNC(=O)C[C@H]1C(=O)NCCN1S(=O)(=O)c1ccccc1. The Morgan fingerprint density at radius 3 is 2.59 bits per heavy atom. The lowest BCUT2D eigenvalue weighted by Crippen LogP contribution is -2.58. The minimum atomic E-state index is -3.90. The van der Waals surface area contributed by atoms with Gasteiger partial charge in [-0.05, 0) is 18.2 Å². The smallest absolute Gasteiger partial charge is 0.243 e. The Kier molecular flexibility index (Phi) is 6.50. The molecule has 8 nitrogen and oxygen atoms in total. The van der Waals surface area contributed by atoms with E-state index in [1.807, 2.05) is 18.2 Å². The van der Waals surface area contributed by atoms with Crippen LogP contribution in [-0.4, -0.2) is 50.8 Å². The molecule has 2 aromatic rings. The molecule has 3 rings (SSSR count). The molecule has 0 saturated carbocycles. The second-order valence-electron chi connectivity index (χ2n) is 6.53. The summed E-state index contributed by atoms with van der Waals surface area (Å²) < 4.78 is 32.3. The van der Waals surface area contributed by atoms with Crippen molar-refractivity contribution in [3.05, 3.63) is 60.2 Å². The number of carbonyl (C=O) groups is 2. The normalized spacial score (nSPS) is 17.4. The van der Waals surface area contributed by atoms with Crippen LogP contribution in [0.1, 0.15) is 12.0 Å². The van der Waals surface area contributed by atoms with Gasteiger partial charge in [-0.3, -0.25) is 9.59 Å². The van der Waals surface area contributed by atoms with Gasteiger partial charge in [0.2, 0.25) is 21.8 Å². The molecule has 0 unspecified atom stereocenters. The molecule has 1 fully saturated rings. The molecule has 1 aliphatic heterocycles. The van der Waals surface area contributed by atoms with Crippen LogP contribution in [0.25, 0.3) is 0 Å². The van der Waals surface area contributed by atoms with Gasteiger partial charge >= 0.3 is 0 Å². The maximum atomic E-state index is 13.0. The van der Waals surface area contributed by atoms with Gasteiger partial charge in [-0.25, -0.2) is 8.42 Å². The standard InChI is InChI=1S/C20H23N3O5S/c1-28-18-10-6-5-7-15(18)14-22-19(24)13-17-20(25)21-11-12-23(17)29(26,27)16-8-3-2-4-9-16/h2-10,17H,11-14H2,1H3,(H,21,25)(H,22,24)/t17-/m0/s1. The molecule has 1 atom stereocenters. The van der Waals surface area contributed by atoms with Crippen molar-refractivity contribution in [2.24, 2.45) is 0 Å². The van der Waals surface area contributed by atoms with Gasteiger partial charge in [0.05, 0.1) is 18.4 Å². The average molecular weight is 417 g/mol. The van der Waals surface area contributed by atoms with Crippen LogP contribution in [-0.2, 0) is 26.2 Å². The first-order valence-electron chi connectivity index (χ1n) is 9.16. The van der Waals surface area contributed by atoms with Crippen LogP contribution in [0.5, 0.6) is 5.75 Å². The summed E-state index contributed by atoms with van der Waals surface area (Å²) in [6.45, 7) is 0.514. The molecule has 9 heteroatoms. The number of carbonyl (C=O) groups excluding carboxylic acids is 2. The molecular formula is C20H23N3O5S. The highest BCUT2D eigenvalue weighted by molar-refractivity contribution is 7.89. The summed E-state index contributed by atoms with van der Waals surface area (Å²) in [5, 5.41) is 5.37. The Balaban J connectivity index is 1.73. The Bertz CT molecular complexity index is 979. The summed E-state index contributed by atoms with van der Waals surface area (Å²) >= 11 is 0. The van der Waals surface area contributed by atoms with Crippen LogP contribution in [0.2, 0.25) is 0 Å². The second-order valence-corrected chi connectivity index (χ2v) is 8.42. The van der Waals surface area contributed by atoms with Gasteiger partial charge in [-0.1, -0.05) is 36.4 Å². The molecule has 0 aliphatic carbocycles. The average Bonchev–Trinajstić information content (AvgIpc) is 2.74. The lowest BCUT2D eigenvalue weighted by atomic mass is 10.1. The quantitative estimate of drug-likeness (QED) is 0.696. The molecule has 29 heavy (non-hydrogen) atoms. The molecule has 0 aromatic heterocycles. The van der Waals surface area contributed by atoms with E-state index in [4.69, 9.17) is 4.74 Å². The number of para-hydroxylation sites is 1. The van der Waals surface area contributed by atoms with E-state index >= 15 is 0 Å². The van der Waals surface area contributed by atoms with Crippen molar-refractivity contribution in [2.75, 3.05) is 20.2 Å². The van der Waals surface area contributed by atoms with E-state index in [9.17, 15) is 18.0 Å². The Labute approximate surface area is 169 Å². The first-order valence-corrected chi connectivity index (χ1v) is 10.6. The first kappa shape index (κ1) is 20.8. The van der Waals surface area contributed by atoms with Crippen molar-refractivity contribution in [3.8, 4) is 5.75 Å². The highest BCUT2D eigenvalue weighted by atomic mass is 32.2. The number of nitrogens with zero attached hydrogens (tertiary/aromatic N) is 1. The van der Waals surface area contributed by atoms with E-state index in [2.05, 4.69) is 10.6 Å². The van der Waals surface area contributed by atoms with Gasteiger partial charge in [0, 0.05) is 25.2 Å². The zero-order valence-electron chi connectivity index (χ0n) is 16.0. The molecular weight excluding hydrogens is 394 g/mol. The molecule has 0 radical (unpaired) electrons. The van der Waals surface area contributed by atoms with E-state index < -0.39 is 27.9 Å². The van der Waals surface area contributed by atoms with Crippen molar-refractivity contribution in [1.82, 2.24) is 14.9 Å². The Morgan fingerprint density at radius 2 is 1.86 bits per heavy atom. The van der Waals surface area contributed by atoms with E-state index in [0.717, 1.165) is 9.87 Å². The van der Waals surface area contributed by atoms with Crippen LogP contribution in [0.4, 0.5) is 0 Å². The second kappa shape index (κ2) is 9.06. The lowest BCUT2D eigenvalue weighted by Gasteiger charge is -2.33. The van der Waals surface area contributed by atoms with E-state index in [0.29, 0.717) is 5.75 Å². The number of rotatable bonds is 7. The van der Waals surface area contributed by atoms with E-state index in [1.165, 1.54) is 12.1 Å². The number of amides is 2. The molecule has 2 aromatic carbocycles. The summed E-state index contributed by atoms with van der Waals surface area (Å²) in [5.41, 5.74) is 0.783. The summed E-state index contributed by atoms with van der Waals surface area (Å²) in [4.78, 5) is 25.0. The first-order chi connectivity index (χ1) is 13.9. The summed E-state index contributed by atoms with van der Waals surface area (Å²) in [5.74, 6) is -0.272. The van der Waals surface area contributed by atoms with Crippen molar-refractivity contribution in [2.45, 2.75) is 23.9 Å². The van der Waals surface area contributed by atoms with Crippen LogP contribution in [0, 0.1) is 0 Å². The predicted octanol–water partition coefficient (Wildman–Crippen LogP) is 0.891. The number of hydrogen-bond donors (Lipinski definition) is 2. The number of methoxy groups -OCH3 is 1. The number of piperazine rings is 1. The van der Waals surface area contributed by atoms with Gasteiger partial charge in [-0.2, -0.15) is 4.31 Å². The fraction of sp³-hybridized carbons (Fsp3) is 0.300. The summed E-state index contributed by atoms with van der Waals surface area (Å²) in [6.07, 6.45) is -0.271. The highest BCUT2D eigenvalue weighted by Crippen LogP contribution is 2.22. The summed E-state index contributed by atoms with van der Waals surface area (Å²) in [7, 11) is -2.35. The number of ether oxygens (including phenoxy) is 1. The minimum Gasteiger partial charge on any atom is -0.496 e. The third-order valence-corrected chi connectivity index (χ3v) is 6.60. The molecule has 154 valence electrons. The molecule has 2 N–H and O–H groups in total. The van der Waals surface area contributed by atoms with Crippen LogP contribution < -0.4 is 15.4 Å². The van der Waals surface area contributed by atoms with Gasteiger partial charge in [-0.15, -0.1) is 0 Å². The zero-order valence-corrected chi connectivity index (χ0v) is 16.8. The largest absolute Gasteiger partial charge is 0.496 e. The van der Waals surface area contributed by atoms with Crippen LogP contribution in [0.15, 0.2) is 59.5 Å². The van der Waals surface area contributed by atoms with Crippen molar-refractivity contribution in [1.29, 1.82) is 0 Å². The molecule has 1 aliphatic rings. The predicted molar refractivity (Wildman–Crippen MR) is 107 cm³/mol. The maximum Gasteiger partial charge on any atom is 0.243 e.